The summed E-state index contributed by atoms with van der Waals surface area (Å²) in [7, 11) is 0. The Hall–Kier alpha value is -5.20. The van der Waals surface area contributed by atoms with Crippen LogP contribution in [0.15, 0.2) is 158 Å². The van der Waals surface area contributed by atoms with Crippen molar-refractivity contribution in [3.05, 3.63) is 158 Å². The highest BCUT2D eigenvalue weighted by Gasteiger charge is 2.12. The molecule has 0 radical (unpaired) electrons. The summed E-state index contributed by atoms with van der Waals surface area (Å²) in [5.74, 6) is 0. The third kappa shape index (κ3) is 3.85. The molecule has 0 aliphatic carbocycles. The summed E-state index contributed by atoms with van der Waals surface area (Å²) < 4.78 is 0. The number of hydrogen-bond acceptors (Lipinski definition) is 0. The zero-order valence-electron chi connectivity index (χ0n) is 22.0. The zero-order chi connectivity index (χ0) is 26.5. The molecule has 0 atom stereocenters. The maximum Gasteiger partial charge on any atom is -0.00266 e. The van der Waals surface area contributed by atoms with Gasteiger partial charge in [-0.25, -0.2) is 0 Å². The lowest BCUT2D eigenvalue weighted by Gasteiger charge is -2.15. The predicted molar refractivity (Wildman–Crippen MR) is 173 cm³/mol. The summed E-state index contributed by atoms with van der Waals surface area (Å²) in [6.45, 7) is 0. The van der Waals surface area contributed by atoms with E-state index in [0.717, 1.165) is 0 Å². The van der Waals surface area contributed by atoms with Crippen LogP contribution in [0.25, 0.3) is 76.5 Å². The zero-order valence-corrected chi connectivity index (χ0v) is 22.0. The van der Waals surface area contributed by atoms with Crippen molar-refractivity contribution in [1.82, 2.24) is 0 Å². The molecule has 0 saturated carbocycles. The van der Waals surface area contributed by atoms with E-state index >= 15 is 0 Å². The minimum Gasteiger partial charge on any atom is -0.0616 e. The Labute approximate surface area is 233 Å². The van der Waals surface area contributed by atoms with Gasteiger partial charge in [0.05, 0.1) is 0 Å². The van der Waals surface area contributed by atoms with E-state index < -0.39 is 0 Å². The minimum absolute atomic E-state index is 1.23. The second kappa shape index (κ2) is 9.22. The summed E-state index contributed by atoms with van der Waals surface area (Å²) in [6.07, 6.45) is 0. The molecule has 40 heavy (non-hydrogen) atoms. The minimum atomic E-state index is 1.23. The first-order valence-electron chi connectivity index (χ1n) is 13.8. The quantitative estimate of drug-likeness (QED) is 0.209. The molecule has 0 saturated heterocycles. The van der Waals surface area contributed by atoms with Crippen molar-refractivity contribution >= 4 is 43.1 Å². The van der Waals surface area contributed by atoms with Gasteiger partial charge in [-0.3, -0.25) is 0 Å². The molecular weight excluding hydrogens is 480 g/mol. The first kappa shape index (κ1) is 22.8. The number of rotatable bonds is 3. The standard InChI is InChI=1S/C40H26/c1-3-9-31-23-33(19-15-27(31)7-1)29-13-17-30(18-14-29)40-38-12-6-5-11-36(38)25-37-22-21-35(26-39(37)40)34-20-16-28-8-2-4-10-32(28)24-34/h1-26H. The lowest BCUT2D eigenvalue weighted by Crippen LogP contribution is -1.88. The molecule has 0 N–H and O–H groups in total. The Morgan fingerprint density at radius 3 is 1.30 bits per heavy atom. The molecule has 8 aromatic rings. The van der Waals surface area contributed by atoms with Gasteiger partial charge in [0, 0.05) is 0 Å². The van der Waals surface area contributed by atoms with Gasteiger partial charge in [0.15, 0.2) is 0 Å². The maximum atomic E-state index is 2.37. The van der Waals surface area contributed by atoms with Gasteiger partial charge in [0.25, 0.3) is 0 Å². The fourth-order valence-corrected chi connectivity index (χ4v) is 6.12. The van der Waals surface area contributed by atoms with Crippen LogP contribution >= 0.6 is 0 Å². The Morgan fingerprint density at radius 2 is 0.650 bits per heavy atom. The molecule has 0 bridgehead atoms. The molecule has 186 valence electrons. The molecule has 8 aromatic carbocycles. The topological polar surface area (TPSA) is 0 Å². The van der Waals surface area contributed by atoms with E-state index in [9.17, 15) is 0 Å². The van der Waals surface area contributed by atoms with Crippen LogP contribution in [0.1, 0.15) is 0 Å². The van der Waals surface area contributed by atoms with Gasteiger partial charge in [-0.1, -0.05) is 133 Å². The highest BCUT2D eigenvalue weighted by Crippen LogP contribution is 2.39. The van der Waals surface area contributed by atoms with Crippen molar-refractivity contribution in [2.45, 2.75) is 0 Å². The van der Waals surface area contributed by atoms with Gasteiger partial charge in [0.1, 0.15) is 0 Å². The van der Waals surface area contributed by atoms with Crippen LogP contribution in [0.5, 0.6) is 0 Å². The summed E-state index contributed by atoms with van der Waals surface area (Å²) in [4.78, 5) is 0. The van der Waals surface area contributed by atoms with Crippen LogP contribution in [-0.2, 0) is 0 Å². The molecule has 0 heteroatoms. The van der Waals surface area contributed by atoms with E-state index in [0.29, 0.717) is 0 Å². The van der Waals surface area contributed by atoms with Gasteiger partial charge < -0.3 is 0 Å². The van der Waals surface area contributed by atoms with Crippen molar-refractivity contribution < 1.29 is 0 Å². The Morgan fingerprint density at radius 1 is 0.225 bits per heavy atom. The lowest BCUT2D eigenvalue weighted by molar-refractivity contribution is 1.63. The predicted octanol–water partition coefficient (Wildman–Crippen LogP) is 11.3. The van der Waals surface area contributed by atoms with Crippen LogP contribution in [-0.4, -0.2) is 0 Å². The molecule has 0 aliphatic rings. The fraction of sp³-hybridized carbons (Fsp3) is 0. The summed E-state index contributed by atoms with van der Waals surface area (Å²) in [6, 6.07) is 57.7. The van der Waals surface area contributed by atoms with Crippen LogP contribution in [0.2, 0.25) is 0 Å². The molecule has 0 heterocycles. The molecule has 0 fully saturated rings. The highest BCUT2D eigenvalue weighted by atomic mass is 14.2. The highest BCUT2D eigenvalue weighted by molar-refractivity contribution is 6.13. The Bertz CT molecular complexity index is 2200. The van der Waals surface area contributed by atoms with E-state index in [-0.39, 0.29) is 0 Å². The van der Waals surface area contributed by atoms with E-state index in [1.165, 1.54) is 76.5 Å². The van der Waals surface area contributed by atoms with Crippen LogP contribution in [0.3, 0.4) is 0 Å². The van der Waals surface area contributed by atoms with Crippen LogP contribution < -0.4 is 0 Å². The number of benzene rings is 8. The molecule has 8 rings (SSSR count). The van der Waals surface area contributed by atoms with Crippen molar-refractivity contribution in [2.75, 3.05) is 0 Å². The van der Waals surface area contributed by atoms with Gasteiger partial charge >= 0.3 is 0 Å². The van der Waals surface area contributed by atoms with Gasteiger partial charge in [-0.05, 0) is 101 Å². The molecule has 0 spiro atoms. The van der Waals surface area contributed by atoms with E-state index in [1.54, 1.807) is 0 Å². The van der Waals surface area contributed by atoms with Crippen molar-refractivity contribution in [3.63, 3.8) is 0 Å². The summed E-state index contributed by atoms with van der Waals surface area (Å²) in [5.41, 5.74) is 7.49. The second-order valence-electron chi connectivity index (χ2n) is 10.6. The van der Waals surface area contributed by atoms with E-state index in [2.05, 4.69) is 158 Å². The normalized spacial score (nSPS) is 11.5. The third-order valence-corrected chi connectivity index (χ3v) is 8.20. The number of hydrogen-bond donors (Lipinski definition) is 0. The molecule has 0 aliphatic heterocycles. The average molecular weight is 507 g/mol. The molecular formula is C40H26. The SMILES string of the molecule is c1ccc2cc(-c3ccc(-c4c5ccccc5cc5ccc(-c6ccc7ccccc7c6)cc45)cc3)ccc2c1. The second-order valence-corrected chi connectivity index (χ2v) is 10.6. The Kier molecular flexibility index (Phi) is 5.24. The van der Waals surface area contributed by atoms with Crippen LogP contribution in [0, 0.1) is 0 Å². The first-order chi connectivity index (χ1) is 19.8. The summed E-state index contributed by atoms with van der Waals surface area (Å²) in [5, 5.41) is 10.2. The molecule has 0 aromatic heterocycles. The van der Waals surface area contributed by atoms with Crippen molar-refractivity contribution in [1.29, 1.82) is 0 Å². The van der Waals surface area contributed by atoms with Crippen molar-refractivity contribution in [3.8, 4) is 33.4 Å². The monoisotopic (exact) mass is 506 g/mol. The van der Waals surface area contributed by atoms with Crippen molar-refractivity contribution in [2.24, 2.45) is 0 Å². The third-order valence-electron chi connectivity index (χ3n) is 8.20. The smallest absolute Gasteiger partial charge is 0.00266 e. The molecule has 0 nitrogen and oxygen atoms in total. The first-order valence-corrected chi connectivity index (χ1v) is 13.8. The van der Waals surface area contributed by atoms with Gasteiger partial charge in [-0.2, -0.15) is 0 Å². The van der Waals surface area contributed by atoms with E-state index in [4.69, 9.17) is 0 Å². The lowest BCUT2D eigenvalue weighted by atomic mass is 9.89. The molecule has 0 amide bonds. The fourth-order valence-electron chi connectivity index (χ4n) is 6.12. The van der Waals surface area contributed by atoms with Crippen LogP contribution in [0.4, 0.5) is 0 Å². The number of fused-ring (bicyclic) bond motifs is 4. The van der Waals surface area contributed by atoms with Gasteiger partial charge in [-0.15, -0.1) is 0 Å². The maximum absolute atomic E-state index is 2.37. The summed E-state index contributed by atoms with van der Waals surface area (Å²) >= 11 is 0. The average Bonchev–Trinajstić information content (AvgIpc) is 3.03. The Balaban J connectivity index is 1.29. The van der Waals surface area contributed by atoms with Gasteiger partial charge in [0.2, 0.25) is 0 Å². The van der Waals surface area contributed by atoms with E-state index in [1.807, 2.05) is 0 Å². The molecule has 0 unspecified atom stereocenters. The largest absolute Gasteiger partial charge is 0.0616 e.